The highest BCUT2D eigenvalue weighted by molar-refractivity contribution is 4.93. The Morgan fingerprint density at radius 2 is 2.00 bits per heavy atom. The summed E-state index contributed by atoms with van der Waals surface area (Å²) in [4.78, 5) is 2.71. The maximum absolute atomic E-state index is 3.62. The van der Waals surface area contributed by atoms with E-state index in [4.69, 9.17) is 0 Å². The van der Waals surface area contributed by atoms with Gasteiger partial charge < -0.3 is 5.32 Å². The van der Waals surface area contributed by atoms with Crippen molar-refractivity contribution in [2.24, 2.45) is 5.41 Å². The monoisotopic (exact) mass is 240 g/mol. The lowest BCUT2D eigenvalue weighted by Gasteiger charge is -2.47. The highest BCUT2D eigenvalue weighted by Gasteiger charge is 2.34. The SMILES string of the molecule is CCC1(C)CNC(C)CN1CCCC(C)(C)C. The molecule has 0 radical (unpaired) electrons. The molecule has 2 nitrogen and oxygen atoms in total. The second kappa shape index (κ2) is 5.71. The van der Waals surface area contributed by atoms with Gasteiger partial charge in [-0.25, -0.2) is 0 Å². The van der Waals surface area contributed by atoms with Crippen molar-refractivity contribution in [1.29, 1.82) is 0 Å². The number of piperazine rings is 1. The zero-order valence-electron chi connectivity index (χ0n) is 12.8. The second-order valence-electron chi connectivity index (χ2n) is 7.24. The smallest absolute Gasteiger partial charge is 0.0303 e. The molecule has 2 unspecified atom stereocenters. The highest BCUT2D eigenvalue weighted by atomic mass is 15.3. The lowest BCUT2D eigenvalue weighted by Crippen LogP contribution is -2.62. The Morgan fingerprint density at radius 1 is 1.35 bits per heavy atom. The van der Waals surface area contributed by atoms with Gasteiger partial charge in [0.05, 0.1) is 0 Å². The molecule has 0 amide bonds. The molecule has 1 N–H and O–H groups in total. The summed E-state index contributed by atoms with van der Waals surface area (Å²) in [5.41, 5.74) is 0.840. The Hall–Kier alpha value is -0.0800. The molecule has 1 rings (SSSR count). The van der Waals surface area contributed by atoms with E-state index < -0.39 is 0 Å². The van der Waals surface area contributed by atoms with Crippen LogP contribution in [0.5, 0.6) is 0 Å². The molecule has 0 aromatic heterocycles. The molecule has 1 fully saturated rings. The molecular formula is C15H32N2. The maximum atomic E-state index is 3.62. The van der Waals surface area contributed by atoms with Crippen LogP contribution in [-0.4, -0.2) is 36.1 Å². The van der Waals surface area contributed by atoms with Gasteiger partial charge in [-0.05, 0) is 45.1 Å². The Bertz CT molecular complexity index is 232. The van der Waals surface area contributed by atoms with Gasteiger partial charge in [0.1, 0.15) is 0 Å². The van der Waals surface area contributed by atoms with Gasteiger partial charge >= 0.3 is 0 Å². The predicted molar refractivity (Wildman–Crippen MR) is 76.4 cm³/mol. The number of nitrogens with zero attached hydrogens (tertiary/aromatic N) is 1. The van der Waals surface area contributed by atoms with Crippen LogP contribution in [0.3, 0.4) is 0 Å². The zero-order chi connectivity index (χ0) is 13.1. The van der Waals surface area contributed by atoms with Crippen LogP contribution >= 0.6 is 0 Å². The fourth-order valence-corrected chi connectivity index (χ4v) is 2.63. The van der Waals surface area contributed by atoms with Gasteiger partial charge in [-0.3, -0.25) is 4.90 Å². The van der Waals surface area contributed by atoms with Crippen molar-refractivity contribution in [2.45, 2.75) is 72.4 Å². The molecular weight excluding hydrogens is 208 g/mol. The molecule has 1 aliphatic heterocycles. The van der Waals surface area contributed by atoms with Crippen molar-refractivity contribution in [2.75, 3.05) is 19.6 Å². The molecule has 0 bridgehead atoms. The number of nitrogens with one attached hydrogen (secondary N) is 1. The van der Waals surface area contributed by atoms with E-state index in [1.54, 1.807) is 0 Å². The van der Waals surface area contributed by atoms with Crippen LogP contribution in [0, 0.1) is 5.41 Å². The van der Waals surface area contributed by atoms with Gasteiger partial charge in [0.2, 0.25) is 0 Å². The van der Waals surface area contributed by atoms with Gasteiger partial charge in [0, 0.05) is 24.7 Å². The fraction of sp³-hybridized carbons (Fsp3) is 1.00. The Kier molecular flexibility index (Phi) is 5.03. The van der Waals surface area contributed by atoms with Crippen molar-refractivity contribution >= 4 is 0 Å². The van der Waals surface area contributed by atoms with Crippen molar-refractivity contribution in [3.63, 3.8) is 0 Å². The Morgan fingerprint density at radius 3 is 2.53 bits per heavy atom. The summed E-state index contributed by atoms with van der Waals surface area (Å²) in [6, 6.07) is 0.643. The van der Waals surface area contributed by atoms with E-state index in [1.807, 2.05) is 0 Å². The number of rotatable bonds is 4. The summed E-state index contributed by atoms with van der Waals surface area (Å²) in [7, 11) is 0. The molecule has 0 aromatic carbocycles. The third kappa shape index (κ3) is 4.59. The molecule has 0 spiro atoms. The van der Waals surface area contributed by atoms with Crippen molar-refractivity contribution in [1.82, 2.24) is 10.2 Å². The summed E-state index contributed by atoms with van der Waals surface area (Å²) >= 11 is 0. The quantitative estimate of drug-likeness (QED) is 0.811. The molecule has 102 valence electrons. The van der Waals surface area contributed by atoms with Crippen LogP contribution < -0.4 is 5.32 Å². The van der Waals surface area contributed by atoms with E-state index in [2.05, 4.69) is 51.8 Å². The largest absolute Gasteiger partial charge is 0.311 e. The molecule has 2 heteroatoms. The van der Waals surface area contributed by atoms with E-state index in [0.717, 1.165) is 6.54 Å². The highest BCUT2D eigenvalue weighted by Crippen LogP contribution is 2.26. The first-order valence-electron chi connectivity index (χ1n) is 7.25. The Balaban J connectivity index is 2.47. The van der Waals surface area contributed by atoms with E-state index in [-0.39, 0.29) is 0 Å². The summed E-state index contributed by atoms with van der Waals surface area (Å²) in [5.74, 6) is 0. The van der Waals surface area contributed by atoms with Gasteiger partial charge in [0.15, 0.2) is 0 Å². The standard InChI is InChI=1S/C15H32N2/c1-7-15(6)12-16-13(2)11-17(15)10-8-9-14(3,4)5/h13,16H,7-12H2,1-6H3. The average molecular weight is 240 g/mol. The summed E-state index contributed by atoms with van der Waals surface area (Å²) < 4.78 is 0. The zero-order valence-corrected chi connectivity index (χ0v) is 12.8. The predicted octanol–water partition coefficient (Wildman–Crippen LogP) is 3.28. The van der Waals surface area contributed by atoms with Gasteiger partial charge in [-0.15, -0.1) is 0 Å². The second-order valence-corrected chi connectivity index (χ2v) is 7.24. The number of hydrogen-bond donors (Lipinski definition) is 1. The van der Waals surface area contributed by atoms with Crippen LogP contribution in [0.15, 0.2) is 0 Å². The first-order chi connectivity index (χ1) is 7.77. The molecule has 0 aliphatic carbocycles. The third-order valence-corrected chi connectivity index (χ3v) is 4.21. The Labute approximate surface area is 108 Å². The molecule has 0 aromatic rings. The van der Waals surface area contributed by atoms with Crippen LogP contribution in [-0.2, 0) is 0 Å². The summed E-state index contributed by atoms with van der Waals surface area (Å²) in [6.07, 6.45) is 3.89. The first kappa shape index (κ1) is 15.0. The minimum atomic E-state index is 0.365. The van der Waals surface area contributed by atoms with Gasteiger partial charge in [-0.1, -0.05) is 27.7 Å². The van der Waals surface area contributed by atoms with E-state index in [1.165, 1.54) is 32.4 Å². The lowest BCUT2D eigenvalue weighted by molar-refractivity contribution is 0.0489. The molecule has 1 aliphatic rings. The van der Waals surface area contributed by atoms with Gasteiger partial charge in [0.25, 0.3) is 0 Å². The summed E-state index contributed by atoms with van der Waals surface area (Å²) in [6.45, 7) is 17.6. The third-order valence-electron chi connectivity index (χ3n) is 4.21. The number of hydrogen-bond acceptors (Lipinski definition) is 2. The molecule has 1 saturated heterocycles. The van der Waals surface area contributed by atoms with Crippen LogP contribution in [0.4, 0.5) is 0 Å². The molecule has 0 saturated carbocycles. The lowest BCUT2D eigenvalue weighted by atomic mass is 9.88. The summed E-state index contributed by atoms with van der Waals surface area (Å²) in [5, 5.41) is 3.62. The van der Waals surface area contributed by atoms with E-state index in [0.29, 0.717) is 17.0 Å². The molecule has 2 atom stereocenters. The van der Waals surface area contributed by atoms with Crippen LogP contribution in [0.2, 0.25) is 0 Å². The van der Waals surface area contributed by atoms with Crippen molar-refractivity contribution in [3.05, 3.63) is 0 Å². The minimum absolute atomic E-state index is 0.365. The van der Waals surface area contributed by atoms with Gasteiger partial charge in [-0.2, -0.15) is 0 Å². The topological polar surface area (TPSA) is 15.3 Å². The molecule has 1 heterocycles. The van der Waals surface area contributed by atoms with E-state index in [9.17, 15) is 0 Å². The van der Waals surface area contributed by atoms with Crippen LogP contribution in [0.25, 0.3) is 0 Å². The minimum Gasteiger partial charge on any atom is -0.311 e. The normalized spacial score (nSPS) is 31.8. The van der Waals surface area contributed by atoms with Crippen molar-refractivity contribution in [3.8, 4) is 0 Å². The van der Waals surface area contributed by atoms with E-state index >= 15 is 0 Å². The fourth-order valence-electron chi connectivity index (χ4n) is 2.63. The average Bonchev–Trinajstić information content (AvgIpc) is 2.22. The van der Waals surface area contributed by atoms with Crippen LogP contribution in [0.1, 0.15) is 60.8 Å². The molecule has 17 heavy (non-hydrogen) atoms. The van der Waals surface area contributed by atoms with Crippen molar-refractivity contribution < 1.29 is 0 Å². The first-order valence-corrected chi connectivity index (χ1v) is 7.25. The maximum Gasteiger partial charge on any atom is 0.0303 e.